The fourth-order valence-electron chi connectivity index (χ4n) is 1.73. The second-order valence-electron chi connectivity index (χ2n) is 4.03. The summed E-state index contributed by atoms with van der Waals surface area (Å²) in [4.78, 5) is 11.3. The van der Waals surface area contributed by atoms with Crippen molar-refractivity contribution in [3.05, 3.63) is 70.2 Å². The Bertz CT molecular complexity index is 554. The van der Waals surface area contributed by atoms with E-state index in [4.69, 9.17) is 4.74 Å². The van der Waals surface area contributed by atoms with Crippen molar-refractivity contribution in [2.45, 2.75) is 12.7 Å². The Morgan fingerprint density at radius 3 is 2.37 bits per heavy atom. The molecule has 0 spiro atoms. The van der Waals surface area contributed by atoms with Crippen LogP contribution in [0, 0.1) is 0 Å². The van der Waals surface area contributed by atoms with Crippen LogP contribution in [0.1, 0.15) is 17.2 Å². The van der Waals surface area contributed by atoms with Crippen LogP contribution in [0.2, 0.25) is 0 Å². The number of carbonyl (C=O) groups is 1. The van der Waals surface area contributed by atoms with E-state index in [2.05, 4.69) is 15.9 Å². The molecule has 0 fully saturated rings. The lowest BCUT2D eigenvalue weighted by Gasteiger charge is -2.14. The summed E-state index contributed by atoms with van der Waals surface area (Å²) >= 11 is 3.41. The van der Waals surface area contributed by atoms with Crippen molar-refractivity contribution >= 4 is 21.9 Å². The maximum atomic E-state index is 11.3. The number of aliphatic carboxylic acids is 1. The average Bonchev–Trinajstić information content (AvgIpc) is 2.42. The molecule has 19 heavy (non-hydrogen) atoms. The zero-order valence-electron chi connectivity index (χ0n) is 10.1. The fraction of sp³-hybridized carbons (Fsp3) is 0.133. The van der Waals surface area contributed by atoms with Crippen LogP contribution in [0.4, 0.5) is 0 Å². The van der Waals surface area contributed by atoms with Gasteiger partial charge in [0.2, 0.25) is 0 Å². The summed E-state index contributed by atoms with van der Waals surface area (Å²) in [6.45, 7) is 0.243. The molecule has 0 aromatic heterocycles. The molecular weight excluding hydrogens is 308 g/mol. The molecule has 3 nitrogen and oxygen atoms in total. The summed E-state index contributed by atoms with van der Waals surface area (Å²) in [5, 5.41) is 9.24. The summed E-state index contributed by atoms with van der Waals surface area (Å²) in [6.07, 6.45) is -0.951. The summed E-state index contributed by atoms with van der Waals surface area (Å²) in [5.74, 6) is -0.988. The lowest BCUT2D eigenvalue weighted by molar-refractivity contribution is -0.151. The first kappa shape index (κ1) is 13.8. The Labute approximate surface area is 120 Å². The lowest BCUT2D eigenvalue weighted by atomic mass is 10.1. The van der Waals surface area contributed by atoms with Crippen molar-refractivity contribution in [2.75, 3.05) is 0 Å². The highest BCUT2D eigenvalue weighted by atomic mass is 79.9. The van der Waals surface area contributed by atoms with E-state index in [0.717, 1.165) is 10.0 Å². The molecule has 2 aromatic rings. The largest absolute Gasteiger partial charge is 0.479 e. The molecule has 2 rings (SSSR count). The molecule has 0 bridgehead atoms. The summed E-state index contributed by atoms with van der Waals surface area (Å²) in [5.41, 5.74) is 1.56. The number of halogens is 1. The minimum absolute atomic E-state index is 0.243. The molecule has 0 aliphatic rings. The van der Waals surface area contributed by atoms with Crippen molar-refractivity contribution in [2.24, 2.45) is 0 Å². The van der Waals surface area contributed by atoms with Gasteiger partial charge in [-0.1, -0.05) is 64.5 Å². The minimum atomic E-state index is -0.988. The summed E-state index contributed by atoms with van der Waals surface area (Å²) in [7, 11) is 0. The van der Waals surface area contributed by atoms with E-state index < -0.39 is 12.1 Å². The zero-order valence-corrected chi connectivity index (χ0v) is 11.7. The first-order valence-electron chi connectivity index (χ1n) is 5.81. The predicted octanol–water partition coefficient (Wildman–Crippen LogP) is 3.79. The quantitative estimate of drug-likeness (QED) is 0.911. The van der Waals surface area contributed by atoms with Crippen molar-refractivity contribution in [3.8, 4) is 0 Å². The van der Waals surface area contributed by atoms with Gasteiger partial charge >= 0.3 is 5.97 Å². The molecule has 0 amide bonds. The highest BCUT2D eigenvalue weighted by Crippen LogP contribution is 2.22. The van der Waals surface area contributed by atoms with Crippen LogP contribution in [0.25, 0.3) is 0 Å². The Hall–Kier alpha value is -1.65. The van der Waals surface area contributed by atoms with Gasteiger partial charge in [0.1, 0.15) is 0 Å². The maximum Gasteiger partial charge on any atom is 0.337 e. The van der Waals surface area contributed by atoms with Crippen molar-refractivity contribution in [1.82, 2.24) is 0 Å². The number of carboxylic acids is 1. The van der Waals surface area contributed by atoms with Gasteiger partial charge in [0.05, 0.1) is 6.61 Å². The standard InChI is InChI=1S/C15H13BrO3/c16-13-9-5-4-8-12(13)10-19-14(15(17)18)11-6-2-1-3-7-11/h1-9,14H,10H2,(H,17,18). The Kier molecular flexibility index (Phi) is 4.71. The first-order chi connectivity index (χ1) is 9.18. The van der Waals surface area contributed by atoms with Gasteiger partial charge < -0.3 is 9.84 Å². The molecule has 0 aliphatic heterocycles. The van der Waals surface area contributed by atoms with E-state index in [1.54, 1.807) is 24.3 Å². The van der Waals surface area contributed by atoms with Crippen molar-refractivity contribution < 1.29 is 14.6 Å². The molecular formula is C15H13BrO3. The van der Waals surface area contributed by atoms with Gasteiger partial charge in [-0.2, -0.15) is 0 Å². The molecule has 1 N–H and O–H groups in total. The second kappa shape index (κ2) is 6.50. The van der Waals surface area contributed by atoms with E-state index in [-0.39, 0.29) is 6.61 Å². The Morgan fingerprint density at radius 2 is 1.74 bits per heavy atom. The molecule has 0 saturated carbocycles. The van der Waals surface area contributed by atoms with Gasteiger partial charge in [0, 0.05) is 4.47 Å². The van der Waals surface area contributed by atoms with E-state index in [9.17, 15) is 9.90 Å². The average molecular weight is 321 g/mol. The lowest BCUT2D eigenvalue weighted by Crippen LogP contribution is -2.15. The van der Waals surface area contributed by atoms with Crippen LogP contribution in [-0.4, -0.2) is 11.1 Å². The van der Waals surface area contributed by atoms with E-state index in [1.807, 2.05) is 30.3 Å². The maximum absolute atomic E-state index is 11.3. The molecule has 2 aromatic carbocycles. The third kappa shape index (κ3) is 3.66. The number of hydrogen-bond donors (Lipinski definition) is 1. The molecule has 1 atom stereocenters. The normalized spacial score (nSPS) is 12.1. The monoisotopic (exact) mass is 320 g/mol. The van der Waals surface area contributed by atoms with Crippen LogP contribution in [0.15, 0.2) is 59.1 Å². The molecule has 0 radical (unpaired) electrons. The molecule has 0 saturated heterocycles. The predicted molar refractivity (Wildman–Crippen MR) is 75.7 cm³/mol. The fourth-order valence-corrected chi connectivity index (χ4v) is 2.13. The van der Waals surface area contributed by atoms with Crippen LogP contribution in [0.3, 0.4) is 0 Å². The van der Waals surface area contributed by atoms with Crippen LogP contribution in [0.5, 0.6) is 0 Å². The highest BCUT2D eigenvalue weighted by Gasteiger charge is 2.20. The van der Waals surface area contributed by atoms with Crippen LogP contribution < -0.4 is 0 Å². The van der Waals surface area contributed by atoms with E-state index >= 15 is 0 Å². The minimum Gasteiger partial charge on any atom is -0.479 e. The molecule has 0 heterocycles. The summed E-state index contributed by atoms with van der Waals surface area (Å²) in [6, 6.07) is 16.5. The molecule has 98 valence electrons. The number of carboxylic acid groups (broad SMARTS) is 1. The molecule has 0 aliphatic carbocycles. The first-order valence-corrected chi connectivity index (χ1v) is 6.60. The third-order valence-electron chi connectivity index (χ3n) is 2.69. The zero-order chi connectivity index (χ0) is 13.7. The van der Waals surface area contributed by atoms with Crippen LogP contribution >= 0.6 is 15.9 Å². The van der Waals surface area contributed by atoms with Crippen molar-refractivity contribution in [3.63, 3.8) is 0 Å². The van der Waals surface area contributed by atoms with Gasteiger partial charge in [0.15, 0.2) is 6.10 Å². The van der Waals surface area contributed by atoms with Gasteiger partial charge in [0.25, 0.3) is 0 Å². The van der Waals surface area contributed by atoms with Crippen LogP contribution in [-0.2, 0) is 16.1 Å². The third-order valence-corrected chi connectivity index (χ3v) is 3.46. The van der Waals surface area contributed by atoms with E-state index in [1.165, 1.54) is 0 Å². The number of rotatable bonds is 5. The van der Waals surface area contributed by atoms with Crippen molar-refractivity contribution in [1.29, 1.82) is 0 Å². The Balaban J connectivity index is 2.11. The van der Waals surface area contributed by atoms with E-state index in [0.29, 0.717) is 5.56 Å². The molecule has 4 heteroatoms. The number of ether oxygens (including phenoxy) is 1. The van der Waals surface area contributed by atoms with Gasteiger partial charge in [-0.15, -0.1) is 0 Å². The Morgan fingerprint density at radius 1 is 1.11 bits per heavy atom. The van der Waals surface area contributed by atoms with Gasteiger partial charge in [-0.3, -0.25) is 0 Å². The molecule has 1 unspecified atom stereocenters. The number of hydrogen-bond acceptors (Lipinski definition) is 2. The van der Waals surface area contributed by atoms with Gasteiger partial charge in [-0.25, -0.2) is 4.79 Å². The van der Waals surface area contributed by atoms with Gasteiger partial charge in [-0.05, 0) is 17.2 Å². The smallest absolute Gasteiger partial charge is 0.337 e. The second-order valence-corrected chi connectivity index (χ2v) is 4.89. The highest BCUT2D eigenvalue weighted by molar-refractivity contribution is 9.10. The SMILES string of the molecule is O=C(O)C(OCc1ccccc1Br)c1ccccc1. The summed E-state index contributed by atoms with van der Waals surface area (Å²) < 4.78 is 6.44. The number of benzene rings is 2. The topological polar surface area (TPSA) is 46.5 Å².